The molecule has 0 amide bonds. The lowest BCUT2D eigenvalue weighted by molar-refractivity contribution is 0.299. The standard InChI is InChI=1S/C23H29F3/c1-2-3-16-4-6-17(7-5-16)8-9-18-10-12-19(13-11-18)20-14-21(24)23(26)22(25)15-20/h14-19H,2-7,10-13H2,1H3/t16-,17-,18?,19?. The zero-order valence-electron chi connectivity index (χ0n) is 15.7. The van der Waals surface area contributed by atoms with Crippen LogP contribution in [0.4, 0.5) is 13.2 Å². The van der Waals surface area contributed by atoms with Crippen LogP contribution in [0.3, 0.4) is 0 Å². The van der Waals surface area contributed by atoms with Gasteiger partial charge in [-0.2, -0.15) is 0 Å². The lowest BCUT2D eigenvalue weighted by Gasteiger charge is -2.27. The molecule has 0 bridgehead atoms. The molecule has 1 aromatic rings. The summed E-state index contributed by atoms with van der Waals surface area (Å²) >= 11 is 0. The highest BCUT2D eigenvalue weighted by Gasteiger charge is 2.24. The highest BCUT2D eigenvalue weighted by molar-refractivity contribution is 5.24. The van der Waals surface area contributed by atoms with Crippen LogP contribution in [0.1, 0.15) is 82.6 Å². The summed E-state index contributed by atoms with van der Waals surface area (Å²) in [5.74, 6) is 5.43. The van der Waals surface area contributed by atoms with E-state index in [0.29, 0.717) is 17.4 Å². The quantitative estimate of drug-likeness (QED) is 0.401. The maximum Gasteiger partial charge on any atom is 0.194 e. The minimum atomic E-state index is -1.37. The number of hydrogen-bond donors (Lipinski definition) is 0. The van der Waals surface area contributed by atoms with Gasteiger partial charge in [-0.15, -0.1) is 0 Å². The van der Waals surface area contributed by atoms with Gasteiger partial charge in [-0.3, -0.25) is 0 Å². The van der Waals surface area contributed by atoms with Crippen molar-refractivity contribution < 1.29 is 13.2 Å². The van der Waals surface area contributed by atoms with E-state index in [2.05, 4.69) is 18.8 Å². The van der Waals surface area contributed by atoms with E-state index in [1.54, 1.807) is 0 Å². The first-order valence-electron chi connectivity index (χ1n) is 10.2. The van der Waals surface area contributed by atoms with E-state index >= 15 is 0 Å². The van der Waals surface area contributed by atoms with Crippen molar-refractivity contribution in [1.82, 2.24) is 0 Å². The van der Waals surface area contributed by atoms with Crippen LogP contribution in [-0.4, -0.2) is 0 Å². The highest BCUT2D eigenvalue weighted by Crippen LogP contribution is 2.37. The van der Waals surface area contributed by atoms with Crippen LogP contribution in [0.25, 0.3) is 0 Å². The van der Waals surface area contributed by atoms with Crippen molar-refractivity contribution in [3.63, 3.8) is 0 Å². The van der Waals surface area contributed by atoms with Gasteiger partial charge < -0.3 is 0 Å². The Labute approximate surface area is 155 Å². The smallest absolute Gasteiger partial charge is 0.194 e. The molecular formula is C23H29F3. The molecule has 0 N–H and O–H groups in total. The largest absolute Gasteiger partial charge is 0.204 e. The molecule has 3 heteroatoms. The summed E-state index contributed by atoms with van der Waals surface area (Å²) in [4.78, 5) is 0. The van der Waals surface area contributed by atoms with Gasteiger partial charge in [0.15, 0.2) is 17.5 Å². The zero-order valence-corrected chi connectivity index (χ0v) is 15.7. The minimum absolute atomic E-state index is 0.113. The number of benzene rings is 1. The molecule has 0 saturated heterocycles. The van der Waals surface area contributed by atoms with E-state index in [4.69, 9.17) is 0 Å². The Morgan fingerprint density at radius 1 is 0.808 bits per heavy atom. The summed E-state index contributed by atoms with van der Waals surface area (Å²) in [6.45, 7) is 2.26. The molecule has 2 fully saturated rings. The van der Waals surface area contributed by atoms with E-state index in [-0.39, 0.29) is 5.92 Å². The average Bonchev–Trinajstić information content (AvgIpc) is 2.66. The fourth-order valence-corrected chi connectivity index (χ4v) is 4.62. The molecule has 0 radical (unpaired) electrons. The lowest BCUT2D eigenvalue weighted by Crippen LogP contribution is -2.15. The van der Waals surface area contributed by atoms with E-state index in [1.165, 1.54) is 38.5 Å². The topological polar surface area (TPSA) is 0 Å². The summed E-state index contributed by atoms with van der Waals surface area (Å²) in [5.41, 5.74) is 0.585. The SMILES string of the molecule is CCC[C@H]1CC[C@H](C#CC2CCC(c3cc(F)c(F)c(F)c3)CC2)CC1. The van der Waals surface area contributed by atoms with Gasteiger partial charge in [-0.25, -0.2) is 13.2 Å². The Bertz CT molecular complexity index is 631. The van der Waals surface area contributed by atoms with Crippen LogP contribution in [0, 0.1) is 47.0 Å². The van der Waals surface area contributed by atoms with Crippen LogP contribution < -0.4 is 0 Å². The first-order valence-corrected chi connectivity index (χ1v) is 10.2. The number of hydrogen-bond acceptors (Lipinski definition) is 0. The number of rotatable bonds is 3. The first-order chi connectivity index (χ1) is 12.6. The molecule has 142 valence electrons. The Morgan fingerprint density at radius 3 is 1.81 bits per heavy atom. The van der Waals surface area contributed by atoms with Crippen molar-refractivity contribution in [2.75, 3.05) is 0 Å². The second-order valence-corrected chi connectivity index (χ2v) is 8.14. The van der Waals surface area contributed by atoms with E-state index < -0.39 is 17.5 Å². The summed E-state index contributed by atoms with van der Waals surface area (Å²) in [5, 5.41) is 0. The molecular weight excluding hydrogens is 333 g/mol. The first kappa shape index (κ1) is 19.3. The Balaban J connectivity index is 1.49. The predicted octanol–water partition coefficient (Wildman–Crippen LogP) is 6.99. The van der Waals surface area contributed by atoms with Gasteiger partial charge in [0.2, 0.25) is 0 Å². The molecule has 0 unspecified atom stereocenters. The maximum absolute atomic E-state index is 13.4. The molecule has 0 aliphatic heterocycles. The van der Waals surface area contributed by atoms with Crippen molar-refractivity contribution >= 4 is 0 Å². The average molecular weight is 362 g/mol. The van der Waals surface area contributed by atoms with Crippen molar-refractivity contribution in [2.24, 2.45) is 17.8 Å². The maximum atomic E-state index is 13.4. The predicted molar refractivity (Wildman–Crippen MR) is 99.1 cm³/mol. The Morgan fingerprint density at radius 2 is 1.31 bits per heavy atom. The van der Waals surface area contributed by atoms with Gasteiger partial charge >= 0.3 is 0 Å². The van der Waals surface area contributed by atoms with Crippen molar-refractivity contribution in [3.05, 3.63) is 35.1 Å². The van der Waals surface area contributed by atoms with Crippen LogP contribution in [0.2, 0.25) is 0 Å². The van der Waals surface area contributed by atoms with Crippen molar-refractivity contribution in [1.29, 1.82) is 0 Å². The summed E-state index contributed by atoms with van der Waals surface area (Å²) < 4.78 is 40.0. The number of halogens is 3. The molecule has 2 aliphatic rings. The molecule has 0 spiro atoms. The molecule has 2 saturated carbocycles. The van der Waals surface area contributed by atoms with Crippen molar-refractivity contribution in [3.8, 4) is 11.8 Å². The van der Waals surface area contributed by atoms with Gasteiger partial charge in [0.1, 0.15) is 0 Å². The molecule has 0 heterocycles. The molecule has 3 rings (SSSR count). The third kappa shape index (κ3) is 4.84. The molecule has 2 aliphatic carbocycles. The third-order valence-corrected chi connectivity index (χ3v) is 6.24. The van der Waals surface area contributed by atoms with Gasteiger partial charge in [0, 0.05) is 11.8 Å². The second-order valence-electron chi connectivity index (χ2n) is 8.14. The monoisotopic (exact) mass is 362 g/mol. The molecule has 26 heavy (non-hydrogen) atoms. The van der Waals surface area contributed by atoms with E-state index in [0.717, 1.165) is 43.7 Å². The van der Waals surface area contributed by atoms with Crippen LogP contribution in [0.5, 0.6) is 0 Å². The highest BCUT2D eigenvalue weighted by atomic mass is 19.2. The van der Waals surface area contributed by atoms with Gasteiger partial charge in [-0.1, -0.05) is 31.6 Å². The molecule has 0 atom stereocenters. The Hall–Kier alpha value is -1.43. The third-order valence-electron chi connectivity index (χ3n) is 6.24. The summed E-state index contributed by atoms with van der Waals surface area (Å²) in [7, 11) is 0. The van der Waals surface area contributed by atoms with Crippen LogP contribution in [-0.2, 0) is 0 Å². The normalized spacial score (nSPS) is 29.1. The minimum Gasteiger partial charge on any atom is -0.204 e. The zero-order chi connectivity index (χ0) is 18.5. The van der Waals surface area contributed by atoms with E-state index in [1.807, 2.05) is 0 Å². The van der Waals surface area contributed by atoms with E-state index in [9.17, 15) is 13.2 Å². The molecule has 0 nitrogen and oxygen atoms in total. The van der Waals surface area contributed by atoms with Crippen LogP contribution >= 0.6 is 0 Å². The molecule has 1 aromatic carbocycles. The van der Waals surface area contributed by atoms with Gasteiger partial charge in [-0.05, 0) is 80.9 Å². The fraction of sp³-hybridized carbons (Fsp3) is 0.652. The second kappa shape index (κ2) is 8.98. The van der Waals surface area contributed by atoms with Crippen LogP contribution in [0.15, 0.2) is 12.1 Å². The fourth-order valence-electron chi connectivity index (χ4n) is 4.62. The molecule has 0 aromatic heterocycles. The summed E-state index contributed by atoms with van der Waals surface area (Å²) in [6, 6.07) is 2.31. The van der Waals surface area contributed by atoms with Gasteiger partial charge in [0.05, 0.1) is 0 Å². The Kier molecular flexibility index (Phi) is 6.68. The summed E-state index contributed by atoms with van der Waals surface area (Å²) in [6.07, 6.45) is 11.4. The van der Waals surface area contributed by atoms with Crippen molar-refractivity contribution in [2.45, 2.75) is 77.0 Å². The van der Waals surface area contributed by atoms with Gasteiger partial charge in [0.25, 0.3) is 0 Å². The lowest BCUT2D eigenvalue weighted by atomic mass is 9.77.